The van der Waals surface area contributed by atoms with Gasteiger partial charge in [-0.3, -0.25) is 0 Å². The summed E-state index contributed by atoms with van der Waals surface area (Å²) < 4.78 is 5.51. The first-order valence-electron chi connectivity index (χ1n) is 6.30. The van der Waals surface area contributed by atoms with Crippen LogP contribution in [0.5, 0.6) is 5.75 Å². The molecule has 2 N–H and O–H groups in total. The molecule has 0 spiro atoms. The fourth-order valence-electron chi connectivity index (χ4n) is 1.63. The molecule has 1 unspecified atom stereocenters. The molecule has 1 aromatic rings. The number of benzene rings is 1. The summed E-state index contributed by atoms with van der Waals surface area (Å²) in [5.41, 5.74) is 0.255. The van der Waals surface area contributed by atoms with Crippen molar-refractivity contribution in [3.8, 4) is 18.1 Å². The maximum Gasteiger partial charge on any atom is 0.335 e. The molecule has 0 fully saturated rings. The molecule has 0 aliphatic heterocycles. The van der Waals surface area contributed by atoms with E-state index in [1.165, 1.54) is 12.1 Å². The number of hydrogen-bond acceptors (Lipinski definition) is 3. The second-order valence-electron chi connectivity index (χ2n) is 4.15. The zero-order valence-corrected chi connectivity index (χ0v) is 11.1. The minimum absolute atomic E-state index is 0.255. The standard InChI is InChI=1S/C15H19NO3/c1-3-5-13(4-2)16-10-11-19-14-8-6-12(7-9-14)15(17)18/h1,6-9,13,16H,4-5,10-11H2,2H3,(H,17,18). The molecule has 4 heteroatoms. The second kappa shape index (κ2) is 8.17. The Morgan fingerprint density at radius 3 is 2.68 bits per heavy atom. The van der Waals surface area contributed by atoms with Gasteiger partial charge in [0, 0.05) is 19.0 Å². The Kier molecular flexibility index (Phi) is 6.48. The Morgan fingerprint density at radius 1 is 1.47 bits per heavy atom. The van der Waals surface area contributed by atoms with Crippen LogP contribution >= 0.6 is 0 Å². The SMILES string of the molecule is C#CCC(CC)NCCOc1ccc(C(=O)O)cc1. The Morgan fingerprint density at radius 2 is 2.16 bits per heavy atom. The van der Waals surface area contributed by atoms with E-state index in [-0.39, 0.29) is 5.56 Å². The number of carbonyl (C=O) groups is 1. The third-order valence-electron chi connectivity index (χ3n) is 2.76. The summed E-state index contributed by atoms with van der Waals surface area (Å²) in [6.07, 6.45) is 6.97. The molecule has 1 atom stereocenters. The summed E-state index contributed by atoms with van der Waals surface area (Å²) in [6.45, 7) is 3.31. The van der Waals surface area contributed by atoms with Crippen LogP contribution in [0.1, 0.15) is 30.1 Å². The first kappa shape index (κ1) is 15.1. The molecule has 102 valence electrons. The minimum atomic E-state index is -0.937. The van der Waals surface area contributed by atoms with Gasteiger partial charge in [0.05, 0.1) is 5.56 Å². The van der Waals surface area contributed by atoms with Crippen LogP contribution in [0.4, 0.5) is 0 Å². The van der Waals surface area contributed by atoms with Crippen LogP contribution in [0.15, 0.2) is 24.3 Å². The van der Waals surface area contributed by atoms with E-state index in [1.54, 1.807) is 12.1 Å². The second-order valence-corrected chi connectivity index (χ2v) is 4.15. The molecule has 0 saturated carbocycles. The fourth-order valence-corrected chi connectivity index (χ4v) is 1.63. The maximum atomic E-state index is 10.7. The lowest BCUT2D eigenvalue weighted by Gasteiger charge is -2.14. The van der Waals surface area contributed by atoms with Crippen molar-refractivity contribution >= 4 is 5.97 Å². The van der Waals surface area contributed by atoms with Crippen LogP contribution in [0.25, 0.3) is 0 Å². The summed E-state index contributed by atoms with van der Waals surface area (Å²) in [5.74, 6) is 2.36. The lowest BCUT2D eigenvalue weighted by molar-refractivity contribution is 0.0697. The lowest BCUT2D eigenvalue weighted by Crippen LogP contribution is -2.31. The number of carboxylic acids is 1. The van der Waals surface area contributed by atoms with Crippen molar-refractivity contribution in [1.82, 2.24) is 5.32 Å². The fraction of sp³-hybridized carbons (Fsp3) is 0.400. The van der Waals surface area contributed by atoms with Gasteiger partial charge in [-0.1, -0.05) is 6.92 Å². The van der Waals surface area contributed by atoms with Gasteiger partial charge in [-0.25, -0.2) is 4.79 Å². The van der Waals surface area contributed by atoms with Crippen LogP contribution in [-0.2, 0) is 0 Å². The highest BCUT2D eigenvalue weighted by Gasteiger charge is 2.04. The van der Waals surface area contributed by atoms with Gasteiger partial charge in [0.25, 0.3) is 0 Å². The van der Waals surface area contributed by atoms with Crippen molar-refractivity contribution in [1.29, 1.82) is 0 Å². The van der Waals surface area contributed by atoms with Crippen molar-refractivity contribution in [2.45, 2.75) is 25.8 Å². The highest BCUT2D eigenvalue weighted by molar-refractivity contribution is 5.87. The first-order valence-corrected chi connectivity index (χ1v) is 6.30. The van der Waals surface area contributed by atoms with Crippen molar-refractivity contribution in [3.63, 3.8) is 0 Å². The molecule has 4 nitrogen and oxygen atoms in total. The van der Waals surface area contributed by atoms with E-state index in [1.807, 2.05) is 0 Å². The van der Waals surface area contributed by atoms with Crippen molar-refractivity contribution < 1.29 is 14.6 Å². The molecular weight excluding hydrogens is 242 g/mol. The van der Waals surface area contributed by atoms with Crippen LogP contribution in [-0.4, -0.2) is 30.3 Å². The maximum absolute atomic E-state index is 10.7. The Bertz CT molecular complexity index is 434. The van der Waals surface area contributed by atoms with Gasteiger partial charge >= 0.3 is 5.97 Å². The number of aromatic carboxylic acids is 1. The minimum Gasteiger partial charge on any atom is -0.492 e. The third kappa shape index (κ3) is 5.45. The van der Waals surface area contributed by atoms with Gasteiger partial charge < -0.3 is 15.2 Å². The number of carboxylic acid groups (broad SMARTS) is 1. The van der Waals surface area contributed by atoms with E-state index in [0.717, 1.165) is 6.42 Å². The summed E-state index contributed by atoms with van der Waals surface area (Å²) in [6, 6.07) is 6.68. The number of terminal acetylenes is 1. The largest absolute Gasteiger partial charge is 0.492 e. The van der Waals surface area contributed by atoms with E-state index in [2.05, 4.69) is 18.2 Å². The monoisotopic (exact) mass is 261 g/mol. The average Bonchev–Trinajstić information content (AvgIpc) is 2.42. The highest BCUT2D eigenvalue weighted by atomic mass is 16.5. The lowest BCUT2D eigenvalue weighted by atomic mass is 10.1. The molecule has 19 heavy (non-hydrogen) atoms. The zero-order chi connectivity index (χ0) is 14.1. The molecular formula is C15H19NO3. The number of hydrogen-bond donors (Lipinski definition) is 2. The number of nitrogens with one attached hydrogen (secondary N) is 1. The predicted molar refractivity (Wildman–Crippen MR) is 74.4 cm³/mol. The third-order valence-corrected chi connectivity index (χ3v) is 2.76. The Labute approximate surface area is 113 Å². The molecule has 0 amide bonds. The Hall–Kier alpha value is -1.99. The zero-order valence-electron chi connectivity index (χ0n) is 11.1. The molecule has 1 rings (SSSR count). The van der Waals surface area contributed by atoms with E-state index >= 15 is 0 Å². The molecule has 1 aromatic carbocycles. The summed E-state index contributed by atoms with van der Waals surface area (Å²) >= 11 is 0. The van der Waals surface area contributed by atoms with Crippen LogP contribution in [0.3, 0.4) is 0 Å². The smallest absolute Gasteiger partial charge is 0.335 e. The molecule has 0 bridgehead atoms. The molecule has 0 radical (unpaired) electrons. The van der Waals surface area contributed by atoms with E-state index in [9.17, 15) is 4.79 Å². The van der Waals surface area contributed by atoms with Crippen molar-refractivity contribution in [2.24, 2.45) is 0 Å². The van der Waals surface area contributed by atoms with E-state index in [0.29, 0.717) is 31.4 Å². The van der Waals surface area contributed by atoms with Gasteiger partial charge in [0.15, 0.2) is 0 Å². The van der Waals surface area contributed by atoms with E-state index in [4.69, 9.17) is 16.3 Å². The first-order chi connectivity index (χ1) is 9.17. The van der Waals surface area contributed by atoms with E-state index < -0.39 is 5.97 Å². The topological polar surface area (TPSA) is 58.6 Å². The van der Waals surface area contributed by atoms with Gasteiger partial charge in [0.2, 0.25) is 0 Å². The van der Waals surface area contributed by atoms with Gasteiger partial charge in [-0.2, -0.15) is 0 Å². The average molecular weight is 261 g/mol. The van der Waals surface area contributed by atoms with Gasteiger partial charge in [0.1, 0.15) is 12.4 Å². The highest BCUT2D eigenvalue weighted by Crippen LogP contribution is 2.11. The van der Waals surface area contributed by atoms with Crippen LogP contribution in [0.2, 0.25) is 0 Å². The van der Waals surface area contributed by atoms with Gasteiger partial charge in [-0.15, -0.1) is 12.3 Å². The molecule has 0 heterocycles. The molecule has 0 saturated heterocycles. The Balaban J connectivity index is 2.29. The summed E-state index contributed by atoms with van der Waals surface area (Å²) in [7, 11) is 0. The number of ether oxygens (including phenoxy) is 1. The molecule has 0 aliphatic rings. The predicted octanol–water partition coefficient (Wildman–Crippen LogP) is 2.16. The normalized spacial score (nSPS) is 11.6. The summed E-state index contributed by atoms with van der Waals surface area (Å²) in [4.78, 5) is 10.7. The number of rotatable bonds is 8. The molecule has 0 aromatic heterocycles. The van der Waals surface area contributed by atoms with Crippen molar-refractivity contribution in [3.05, 3.63) is 29.8 Å². The summed E-state index contributed by atoms with van der Waals surface area (Å²) in [5, 5.41) is 12.1. The molecule has 0 aliphatic carbocycles. The van der Waals surface area contributed by atoms with Crippen LogP contribution in [0, 0.1) is 12.3 Å². The quantitative estimate of drug-likeness (QED) is 0.556. The van der Waals surface area contributed by atoms with Gasteiger partial charge in [-0.05, 0) is 30.7 Å². The van der Waals surface area contributed by atoms with Crippen molar-refractivity contribution in [2.75, 3.05) is 13.2 Å². The van der Waals surface area contributed by atoms with Crippen LogP contribution < -0.4 is 10.1 Å².